The van der Waals surface area contributed by atoms with Gasteiger partial charge in [-0.05, 0) is 49.6 Å². The van der Waals surface area contributed by atoms with E-state index in [0.29, 0.717) is 28.6 Å². The van der Waals surface area contributed by atoms with Crippen molar-refractivity contribution in [3.8, 4) is 5.75 Å². The predicted molar refractivity (Wildman–Crippen MR) is 151 cm³/mol. The number of benzene rings is 2. The summed E-state index contributed by atoms with van der Waals surface area (Å²) in [5.74, 6) is -1.55. The number of fused-ring (bicyclic) bond motifs is 1. The minimum atomic E-state index is -1.13. The molecule has 0 spiro atoms. The Bertz CT molecular complexity index is 1350. The Morgan fingerprint density at radius 3 is 2.62 bits per heavy atom. The first-order valence-corrected chi connectivity index (χ1v) is 14.0. The lowest BCUT2D eigenvalue weighted by Gasteiger charge is -2.27. The van der Waals surface area contributed by atoms with Crippen molar-refractivity contribution in [3.63, 3.8) is 0 Å². The number of anilines is 1. The second-order valence-electron chi connectivity index (χ2n) is 8.86. The van der Waals surface area contributed by atoms with Crippen molar-refractivity contribution in [1.29, 1.82) is 0 Å². The molecule has 8 nitrogen and oxygen atoms in total. The molecule has 2 heterocycles. The molecule has 0 unspecified atom stereocenters. The van der Waals surface area contributed by atoms with Crippen LogP contribution in [0.1, 0.15) is 40.2 Å². The second-order valence-corrected chi connectivity index (χ2v) is 10.8. The van der Waals surface area contributed by atoms with Crippen LogP contribution >= 0.6 is 34.5 Å². The van der Waals surface area contributed by atoms with Crippen molar-refractivity contribution < 1.29 is 28.6 Å². The molecule has 1 amide bonds. The number of rotatable bonds is 10. The first kappa shape index (κ1) is 28.9. The maximum Gasteiger partial charge on any atom is 0.344 e. The first-order chi connectivity index (χ1) is 18.7. The van der Waals surface area contributed by atoms with Crippen LogP contribution in [0.4, 0.5) is 5.00 Å². The van der Waals surface area contributed by atoms with Crippen LogP contribution in [-0.4, -0.2) is 48.6 Å². The van der Waals surface area contributed by atoms with Gasteiger partial charge in [0.1, 0.15) is 10.8 Å². The normalized spacial score (nSPS) is 13.7. The third-order valence-electron chi connectivity index (χ3n) is 6.02. The molecule has 0 saturated heterocycles. The molecule has 0 radical (unpaired) electrons. The Labute approximate surface area is 240 Å². The van der Waals surface area contributed by atoms with E-state index in [1.54, 1.807) is 13.0 Å². The zero-order chi connectivity index (χ0) is 27.9. The van der Waals surface area contributed by atoms with Crippen molar-refractivity contribution >= 4 is 57.4 Å². The number of hydrogen-bond acceptors (Lipinski definition) is 8. The van der Waals surface area contributed by atoms with E-state index in [2.05, 4.69) is 22.3 Å². The molecule has 2 aromatic carbocycles. The third-order valence-corrected chi connectivity index (χ3v) is 7.68. The van der Waals surface area contributed by atoms with Gasteiger partial charge in [-0.2, -0.15) is 0 Å². The van der Waals surface area contributed by atoms with Crippen LogP contribution in [0.25, 0.3) is 0 Å². The Hall–Kier alpha value is -3.11. The lowest BCUT2D eigenvalue weighted by molar-refractivity contribution is -0.155. The molecule has 1 aromatic heterocycles. The highest BCUT2D eigenvalue weighted by Gasteiger charge is 2.30. The molecule has 0 aliphatic carbocycles. The van der Waals surface area contributed by atoms with Gasteiger partial charge in [-0.3, -0.25) is 9.69 Å². The molecule has 1 aliphatic heterocycles. The molecule has 4 rings (SSSR count). The van der Waals surface area contributed by atoms with Gasteiger partial charge < -0.3 is 19.5 Å². The van der Waals surface area contributed by atoms with E-state index >= 15 is 0 Å². The fraction of sp³-hybridized carbons (Fsp3) is 0.321. The van der Waals surface area contributed by atoms with Crippen LogP contribution < -0.4 is 10.1 Å². The van der Waals surface area contributed by atoms with Crippen molar-refractivity contribution in [1.82, 2.24) is 4.90 Å². The molecule has 206 valence electrons. The maximum atomic E-state index is 12.9. The Morgan fingerprint density at radius 2 is 1.90 bits per heavy atom. The Morgan fingerprint density at radius 1 is 1.13 bits per heavy atom. The number of nitrogens with zero attached hydrogens (tertiary/aromatic N) is 1. The number of thiophene rings is 1. The van der Waals surface area contributed by atoms with Gasteiger partial charge in [-0.25, -0.2) is 9.59 Å². The minimum Gasteiger partial charge on any atom is -0.480 e. The van der Waals surface area contributed by atoms with E-state index in [4.69, 9.17) is 37.4 Å². The van der Waals surface area contributed by atoms with Gasteiger partial charge >= 0.3 is 11.9 Å². The van der Waals surface area contributed by atoms with Gasteiger partial charge in [-0.15, -0.1) is 11.3 Å². The van der Waals surface area contributed by atoms with Gasteiger partial charge in [0.05, 0.1) is 17.2 Å². The van der Waals surface area contributed by atoms with E-state index in [0.717, 1.165) is 23.5 Å². The van der Waals surface area contributed by atoms with Crippen LogP contribution in [0.5, 0.6) is 5.75 Å². The Balaban J connectivity index is 1.41. The fourth-order valence-corrected chi connectivity index (χ4v) is 5.91. The molecular weight excluding hydrogens is 563 g/mol. The number of amides is 1. The smallest absolute Gasteiger partial charge is 0.344 e. The average Bonchev–Trinajstić information content (AvgIpc) is 3.26. The zero-order valence-corrected chi connectivity index (χ0v) is 23.8. The number of carbonyl (C=O) groups is 3. The molecule has 1 N–H and O–H groups in total. The summed E-state index contributed by atoms with van der Waals surface area (Å²) >= 11 is 13.3. The summed E-state index contributed by atoms with van der Waals surface area (Å²) < 4.78 is 15.9. The molecule has 3 aromatic rings. The van der Waals surface area contributed by atoms with Gasteiger partial charge in [0.2, 0.25) is 0 Å². The number of nitrogens with one attached hydrogen (secondary N) is 1. The lowest BCUT2D eigenvalue weighted by atomic mass is 10.0. The molecule has 39 heavy (non-hydrogen) atoms. The molecule has 1 aliphatic rings. The van der Waals surface area contributed by atoms with E-state index in [1.807, 2.05) is 18.2 Å². The zero-order valence-electron chi connectivity index (χ0n) is 21.5. The van der Waals surface area contributed by atoms with Gasteiger partial charge in [-0.1, -0.05) is 53.5 Å². The summed E-state index contributed by atoms with van der Waals surface area (Å²) in [5, 5.41) is 3.84. The lowest BCUT2D eigenvalue weighted by Crippen LogP contribution is -2.32. The third kappa shape index (κ3) is 7.51. The minimum absolute atomic E-state index is 0.211. The highest BCUT2D eigenvalue weighted by atomic mass is 35.5. The molecule has 0 bridgehead atoms. The predicted octanol–water partition coefficient (Wildman–Crippen LogP) is 5.74. The van der Waals surface area contributed by atoms with Gasteiger partial charge in [0, 0.05) is 29.5 Å². The SMILES string of the molecule is CCOC(=O)c1c(NC(=O)[C@@H](C)OC(=O)COc2ccc(Cl)cc2Cl)sc2c1CCN(Cc1ccccc1)C2. The average molecular weight is 592 g/mol. The molecule has 0 fully saturated rings. The van der Waals surface area contributed by atoms with Crippen molar-refractivity contribution in [2.75, 3.05) is 25.1 Å². The Kier molecular flexibility index (Phi) is 9.85. The van der Waals surface area contributed by atoms with Crippen LogP contribution in [0.15, 0.2) is 48.5 Å². The van der Waals surface area contributed by atoms with Crippen molar-refractivity contribution in [3.05, 3.63) is 80.1 Å². The van der Waals surface area contributed by atoms with Gasteiger partial charge in [0.25, 0.3) is 5.91 Å². The van der Waals surface area contributed by atoms with Crippen LogP contribution in [0.2, 0.25) is 10.0 Å². The van der Waals surface area contributed by atoms with Crippen LogP contribution in [-0.2, 0) is 38.6 Å². The second kappa shape index (κ2) is 13.3. The number of carbonyl (C=O) groups excluding carboxylic acids is 3. The van der Waals surface area contributed by atoms with E-state index < -0.39 is 30.6 Å². The maximum absolute atomic E-state index is 12.9. The van der Waals surface area contributed by atoms with E-state index in [-0.39, 0.29) is 17.4 Å². The quantitative estimate of drug-likeness (QED) is 0.301. The molecular formula is C28H28Cl2N2O6S. The number of esters is 2. The molecule has 11 heteroatoms. The molecule has 1 atom stereocenters. The van der Waals surface area contributed by atoms with Crippen molar-refractivity contribution in [2.24, 2.45) is 0 Å². The first-order valence-electron chi connectivity index (χ1n) is 12.4. The summed E-state index contributed by atoms with van der Waals surface area (Å²) in [6.45, 7) is 5.14. The topological polar surface area (TPSA) is 94.2 Å². The van der Waals surface area contributed by atoms with Crippen LogP contribution in [0.3, 0.4) is 0 Å². The van der Waals surface area contributed by atoms with Gasteiger partial charge in [0.15, 0.2) is 12.7 Å². The summed E-state index contributed by atoms with van der Waals surface area (Å²) in [6, 6.07) is 14.8. The molecule has 0 saturated carbocycles. The summed E-state index contributed by atoms with van der Waals surface area (Å²) in [6.07, 6.45) is -0.483. The standard InChI is InChI=1S/C28H28Cl2N2O6S/c1-3-36-28(35)25-20-11-12-32(14-18-7-5-4-6-8-18)15-23(20)39-27(25)31-26(34)17(2)38-24(33)16-37-22-10-9-19(29)13-21(22)30/h4-10,13,17H,3,11-12,14-16H2,1-2H3,(H,31,34)/t17-/m1/s1. The van der Waals surface area contributed by atoms with E-state index in [9.17, 15) is 14.4 Å². The van der Waals surface area contributed by atoms with Crippen LogP contribution in [0, 0.1) is 0 Å². The number of halogens is 2. The fourth-order valence-electron chi connectivity index (χ4n) is 4.17. The van der Waals surface area contributed by atoms with E-state index in [1.165, 1.54) is 36.0 Å². The number of hydrogen-bond donors (Lipinski definition) is 1. The monoisotopic (exact) mass is 590 g/mol. The summed E-state index contributed by atoms with van der Waals surface area (Å²) in [7, 11) is 0. The highest BCUT2D eigenvalue weighted by molar-refractivity contribution is 7.17. The highest BCUT2D eigenvalue weighted by Crippen LogP contribution is 2.38. The largest absolute Gasteiger partial charge is 0.480 e. The van der Waals surface area contributed by atoms with Crippen molar-refractivity contribution in [2.45, 2.75) is 39.5 Å². The number of ether oxygens (including phenoxy) is 3. The summed E-state index contributed by atoms with van der Waals surface area (Å²) in [4.78, 5) is 41.4. The summed E-state index contributed by atoms with van der Waals surface area (Å²) in [5.41, 5.74) is 2.45.